The third-order valence-corrected chi connectivity index (χ3v) is 8.12. The summed E-state index contributed by atoms with van der Waals surface area (Å²) < 4.78 is 6.01. The summed E-state index contributed by atoms with van der Waals surface area (Å²) in [6, 6.07) is 22.1. The van der Waals surface area contributed by atoms with E-state index in [1.165, 1.54) is 10.8 Å². The molecule has 4 aliphatic carbocycles. The van der Waals surface area contributed by atoms with Crippen LogP contribution in [0.15, 0.2) is 84.0 Å². The van der Waals surface area contributed by atoms with E-state index >= 15 is 0 Å². The zero-order valence-electron chi connectivity index (χ0n) is 18.6. The lowest BCUT2D eigenvalue weighted by atomic mass is 9.63. The highest BCUT2D eigenvalue weighted by molar-refractivity contribution is 6.06. The molecule has 3 fully saturated rings. The molecule has 2 saturated carbocycles. The summed E-state index contributed by atoms with van der Waals surface area (Å²) in [6.45, 7) is 0.479. The predicted molar refractivity (Wildman–Crippen MR) is 129 cm³/mol. The van der Waals surface area contributed by atoms with Gasteiger partial charge >= 0.3 is 0 Å². The van der Waals surface area contributed by atoms with E-state index in [1.54, 1.807) is 6.21 Å². The Morgan fingerprint density at radius 3 is 2.26 bits per heavy atom. The topological polar surface area (TPSA) is 59.0 Å². The molecule has 5 nitrogen and oxygen atoms in total. The van der Waals surface area contributed by atoms with Crippen LogP contribution >= 0.6 is 0 Å². The Kier molecular flexibility index (Phi) is 4.28. The molecule has 8 rings (SSSR count). The van der Waals surface area contributed by atoms with Crippen molar-refractivity contribution in [3.8, 4) is 5.75 Å². The second-order valence-electron chi connectivity index (χ2n) is 9.88. The first kappa shape index (κ1) is 19.7. The SMILES string of the molecule is O=C1C2C3C=CC(C4CC34)C2C(=O)N1/N=C/c1ccc(OCc2cccc3ccccc23)cc1. The zero-order chi connectivity index (χ0) is 22.8. The van der Waals surface area contributed by atoms with Gasteiger partial charge in [0.1, 0.15) is 12.4 Å². The molecule has 1 heterocycles. The molecule has 5 heteroatoms. The highest BCUT2D eigenvalue weighted by Crippen LogP contribution is 2.65. The van der Waals surface area contributed by atoms with Crippen LogP contribution in [0.3, 0.4) is 0 Å². The zero-order valence-corrected chi connectivity index (χ0v) is 18.6. The van der Waals surface area contributed by atoms with Gasteiger partial charge < -0.3 is 4.74 Å². The fraction of sp³-hybridized carbons (Fsp3) is 0.276. The van der Waals surface area contributed by atoms with Crippen molar-refractivity contribution in [2.45, 2.75) is 13.0 Å². The third kappa shape index (κ3) is 2.96. The first-order valence-corrected chi connectivity index (χ1v) is 12.0. The molecule has 1 aliphatic heterocycles. The largest absolute Gasteiger partial charge is 0.489 e. The first-order valence-electron chi connectivity index (χ1n) is 12.0. The molecular weight excluding hydrogens is 424 g/mol. The van der Waals surface area contributed by atoms with Gasteiger partial charge in [0.2, 0.25) is 0 Å². The van der Waals surface area contributed by atoms with Gasteiger partial charge in [-0.3, -0.25) is 9.59 Å². The summed E-state index contributed by atoms with van der Waals surface area (Å²) >= 11 is 0. The Bertz CT molecular complexity index is 1330. The molecule has 6 unspecified atom stereocenters. The normalized spacial score (nSPS) is 30.8. The number of amides is 2. The fourth-order valence-electron chi connectivity index (χ4n) is 6.41. The minimum absolute atomic E-state index is 0.133. The molecule has 0 spiro atoms. The second-order valence-corrected chi connectivity index (χ2v) is 9.88. The number of ether oxygens (including phenoxy) is 1. The Morgan fingerprint density at radius 1 is 0.853 bits per heavy atom. The van der Waals surface area contributed by atoms with Crippen LogP contribution < -0.4 is 4.74 Å². The Balaban J connectivity index is 1.04. The molecule has 0 radical (unpaired) electrons. The maximum absolute atomic E-state index is 13.0. The Labute approximate surface area is 197 Å². The maximum Gasteiger partial charge on any atom is 0.254 e. The number of nitrogens with zero attached hydrogens (tertiary/aromatic N) is 2. The lowest BCUT2D eigenvalue weighted by Gasteiger charge is -2.37. The van der Waals surface area contributed by atoms with Gasteiger partial charge in [0.15, 0.2) is 0 Å². The average Bonchev–Trinajstić information content (AvgIpc) is 3.66. The van der Waals surface area contributed by atoms with Gasteiger partial charge in [-0.25, -0.2) is 0 Å². The molecule has 2 amide bonds. The number of allylic oxidation sites excluding steroid dienone is 2. The number of rotatable bonds is 5. The van der Waals surface area contributed by atoms with Gasteiger partial charge in [-0.2, -0.15) is 10.1 Å². The van der Waals surface area contributed by atoms with Crippen LogP contribution in [0.2, 0.25) is 0 Å². The van der Waals surface area contributed by atoms with E-state index in [0.29, 0.717) is 18.4 Å². The first-order chi connectivity index (χ1) is 16.7. The van der Waals surface area contributed by atoms with Gasteiger partial charge in [0, 0.05) is 0 Å². The van der Waals surface area contributed by atoms with Gasteiger partial charge in [-0.15, -0.1) is 0 Å². The summed E-state index contributed by atoms with van der Waals surface area (Å²) in [5, 5.41) is 7.82. The Hall–Kier alpha value is -3.73. The van der Waals surface area contributed by atoms with Gasteiger partial charge in [-0.1, -0.05) is 54.6 Å². The maximum atomic E-state index is 13.0. The number of hydrazone groups is 1. The lowest BCUT2D eigenvalue weighted by molar-refractivity contribution is -0.140. The van der Waals surface area contributed by atoms with Gasteiger partial charge in [0.05, 0.1) is 18.1 Å². The highest BCUT2D eigenvalue weighted by atomic mass is 16.5. The molecular formula is C29H24N2O3. The number of imide groups is 1. The van der Waals surface area contributed by atoms with Crippen molar-refractivity contribution in [1.29, 1.82) is 0 Å². The number of hydrogen-bond acceptors (Lipinski definition) is 4. The predicted octanol–water partition coefficient (Wildman–Crippen LogP) is 4.81. The molecule has 6 atom stereocenters. The number of fused-ring (bicyclic) bond motifs is 1. The molecule has 2 bridgehead atoms. The van der Waals surface area contributed by atoms with Crippen LogP contribution in [0.1, 0.15) is 17.5 Å². The number of benzene rings is 3. The van der Waals surface area contributed by atoms with Crippen LogP contribution in [0.25, 0.3) is 10.8 Å². The summed E-state index contributed by atoms with van der Waals surface area (Å²) in [6.07, 6.45) is 7.11. The van der Waals surface area contributed by atoms with Crippen molar-refractivity contribution < 1.29 is 14.3 Å². The smallest absolute Gasteiger partial charge is 0.254 e. The molecule has 34 heavy (non-hydrogen) atoms. The van der Waals surface area contributed by atoms with Crippen molar-refractivity contribution in [3.63, 3.8) is 0 Å². The van der Waals surface area contributed by atoms with E-state index in [2.05, 4.69) is 41.5 Å². The lowest BCUT2D eigenvalue weighted by Crippen LogP contribution is -2.40. The number of carbonyl (C=O) groups excluding carboxylic acids is 2. The minimum Gasteiger partial charge on any atom is -0.489 e. The van der Waals surface area contributed by atoms with Crippen molar-refractivity contribution in [2.75, 3.05) is 0 Å². The van der Waals surface area contributed by atoms with Crippen molar-refractivity contribution >= 4 is 28.8 Å². The van der Waals surface area contributed by atoms with Crippen LogP contribution in [0.5, 0.6) is 5.75 Å². The van der Waals surface area contributed by atoms with E-state index < -0.39 is 0 Å². The highest BCUT2D eigenvalue weighted by Gasteiger charge is 2.67. The van der Waals surface area contributed by atoms with E-state index in [9.17, 15) is 9.59 Å². The standard InChI is InChI=1S/C29H24N2O3/c32-28-26-22-12-13-23(25-14-24(22)25)27(26)29(33)31(28)30-15-17-8-10-20(11-9-17)34-16-19-6-3-5-18-4-1-2-7-21(18)19/h1-13,15,22-27H,14,16H2/b30-15+. The van der Waals surface area contributed by atoms with Crippen molar-refractivity contribution in [3.05, 3.63) is 90.0 Å². The molecule has 0 N–H and O–H groups in total. The van der Waals surface area contributed by atoms with Crippen molar-refractivity contribution in [2.24, 2.45) is 40.6 Å². The van der Waals surface area contributed by atoms with E-state index in [-0.39, 0.29) is 35.5 Å². The molecule has 0 aromatic heterocycles. The van der Waals surface area contributed by atoms with Crippen LogP contribution in [0.4, 0.5) is 0 Å². The monoisotopic (exact) mass is 448 g/mol. The van der Waals surface area contributed by atoms with Gasteiger partial charge in [-0.05, 0) is 76.3 Å². The Morgan fingerprint density at radius 2 is 1.53 bits per heavy atom. The molecule has 1 saturated heterocycles. The summed E-state index contributed by atoms with van der Waals surface area (Å²) in [5.74, 6) is 1.69. The van der Waals surface area contributed by atoms with E-state index in [0.717, 1.165) is 28.3 Å². The van der Waals surface area contributed by atoms with E-state index in [4.69, 9.17) is 4.74 Å². The molecule has 5 aliphatic rings. The summed E-state index contributed by atoms with van der Waals surface area (Å²) in [4.78, 5) is 26.1. The van der Waals surface area contributed by atoms with Crippen LogP contribution in [0, 0.1) is 35.5 Å². The molecule has 3 aromatic rings. The van der Waals surface area contributed by atoms with Crippen LogP contribution in [-0.2, 0) is 16.2 Å². The second kappa shape index (κ2) is 7.39. The molecule has 3 aromatic carbocycles. The number of hydrogen-bond donors (Lipinski definition) is 0. The summed E-state index contributed by atoms with van der Waals surface area (Å²) in [7, 11) is 0. The summed E-state index contributed by atoms with van der Waals surface area (Å²) in [5.41, 5.74) is 1.95. The van der Waals surface area contributed by atoms with Crippen LogP contribution in [-0.4, -0.2) is 23.0 Å². The minimum atomic E-state index is -0.215. The fourth-order valence-corrected chi connectivity index (χ4v) is 6.41. The third-order valence-electron chi connectivity index (χ3n) is 8.12. The number of carbonyl (C=O) groups is 2. The van der Waals surface area contributed by atoms with E-state index in [1.807, 2.05) is 42.5 Å². The average molecular weight is 449 g/mol. The van der Waals surface area contributed by atoms with Gasteiger partial charge in [0.25, 0.3) is 11.8 Å². The quantitative estimate of drug-likeness (QED) is 0.320. The molecule has 168 valence electrons. The van der Waals surface area contributed by atoms with Crippen molar-refractivity contribution in [1.82, 2.24) is 5.01 Å².